The second kappa shape index (κ2) is 5.43. The molecular weight excluding hydrogens is 152 g/mol. The smallest absolute Gasteiger partial charge is 0.260 e. The van der Waals surface area contributed by atoms with Crippen molar-refractivity contribution in [3.8, 4) is 0 Å². The van der Waals surface area contributed by atoms with Crippen LogP contribution in [0.5, 0.6) is 0 Å². The minimum Gasteiger partial charge on any atom is -0.396 e. The lowest BCUT2D eigenvalue weighted by molar-refractivity contribution is -0.00166. The molecule has 0 saturated carbocycles. The Hall–Kier alpha value is -0.220. The molecule has 0 aromatic rings. The van der Waals surface area contributed by atoms with Crippen molar-refractivity contribution >= 4 is 0 Å². The summed E-state index contributed by atoms with van der Waals surface area (Å²) < 4.78 is 24.9. The van der Waals surface area contributed by atoms with Crippen molar-refractivity contribution in [1.82, 2.24) is 5.32 Å². The summed E-state index contributed by atoms with van der Waals surface area (Å²) in [6.07, 6.45) is 0.388. The van der Waals surface area contributed by atoms with Gasteiger partial charge in [0.25, 0.3) is 5.92 Å². The average molecular weight is 167 g/mol. The first kappa shape index (κ1) is 10.8. The average Bonchev–Trinajstić information content (AvgIpc) is 1.99. The molecule has 0 aromatic heterocycles. The number of nitrogens with one attached hydrogen (secondary N) is 1. The van der Waals surface area contributed by atoms with Crippen LogP contribution >= 0.6 is 0 Å². The second-order valence-electron chi connectivity index (χ2n) is 2.46. The van der Waals surface area contributed by atoms with Crippen LogP contribution in [0.1, 0.15) is 19.8 Å². The maximum absolute atomic E-state index is 12.5. The highest BCUT2D eigenvalue weighted by molar-refractivity contribution is 4.66. The molecule has 0 saturated heterocycles. The van der Waals surface area contributed by atoms with E-state index in [2.05, 4.69) is 5.32 Å². The van der Waals surface area contributed by atoms with Crippen LogP contribution in [0, 0.1) is 0 Å². The fraction of sp³-hybridized carbons (Fsp3) is 1.00. The lowest BCUT2D eigenvalue weighted by Gasteiger charge is -2.13. The molecule has 0 amide bonds. The van der Waals surface area contributed by atoms with E-state index in [0.29, 0.717) is 13.0 Å². The largest absolute Gasteiger partial charge is 0.396 e. The Balaban J connectivity index is 3.23. The maximum Gasteiger partial charge on any atom is 0.260 e. The van der Waals surface area contributed by atoms with E-state index in [-0.39, 0.29) is 19.6 Å². The minimum absolute atomic E-state index is 0.0463. The summed E-state index contributed by atoms with van der Waals surface area (Å²) in [7, 11) is 0. The van der Waals surface area contributed by atoms with Crippen molar-refractivity contribution in [2.24, 2.45) is 0 Å². The summed E-state index contributed by atoms with van der Waals surface area (Å²) >= 11 is 0. The van der Waals surface area contributed by atoms with Crippen molar-refractivity contribution < 1.29 is 13.9 Å². The summed E-state index contributed by atoms with van der Waals surface area (Å²) in [6, 6.07) is 0. The molecule has 0 atom stereocenters. The molecule has 0 radical (unpaired) electrons. The molecule has 0 aromatic carbocycles. The molecule has 2 N–H and O–H groups in total. The Morgan fingerprint density at radius 1 is 1.45 bits per heavy atom. The van der Waals surface area contributed by atoms with Crippen molar-refractivity contribution in [2.75, 3.05) is 19.7 Å². The van der Waals surface area contributed by atoms with Crippen molar-refractivity contribution in [1.29, 1.82) is 0 Å². The molecular formula is C7H15F2NO. The molecule has 68 valence electrons. The fourth-order valence-electron chi connectivity index (χ4n) is 0.600. The van der Waals surface area contributed by atoms with Crippen LogP contribution in [0.25, 0.3) is 0 Å². The molecule has 0 bridgehead atoms. The number of aliphatic hydroxyl groups is 1. The van der Waals surface area contributed by atoms with Crippen molar-refractivity contribution in [2.45, 2.75) is 25.7 Å². The third-order valence-corrected chi connectivity index (χ3v) is 1.41. The topological polar surface area (TPSA) is 32.3 Å². The van der Waals surface area contributed by atoms with E-state index in [0.717, 1.165) is 0 Å². The van der Waals surface area contributed by atoms with Gasteiger partial charge in [-0.1, -0.05) is 6.92 Å². The summed E-state index contributed by atoms with van der Waals surface area (Å²) in [5, 5.41) is 10.9. The lowest BCUT2D eigenvalue weighted by atomic mass is 10.2. The number of aliphatic hydroxyl groups excluding tert-OH is 1. The Morgan fingerprint density at radius 2 is 2.09 bits per heavy atom. The number of halogens is 2. The molecule has 0 fully saturated rings. The molecule has 0 aliphatic heterocycles. The van der Waals surface area contributed by atoms with E-state index in [1.54, 1.807) is 0 Å². The molecule has 0 spiro atoms. The van der Waals surface area contributed by atoms with Gasteiger partial charge in [0.1, 0.15) is 0 Å². The molecule has 0 rings (SSSR count). The predicted molar refractivity (Wildman–Crippen MR) is 39.8 cm³/mol. The first-order valence-corrected chi connectivity index (χ1v) is 3.82. The first-order chi connectivity index (χ1) is 5.12. The standard InChI is InChI=1S/C7H15F2NO/c1-2-7(8,9)6-10-4-3-5-11/h10-11H,2-6H2,1H3. The monoisotopic (exact) mass is 167 g/mol. The van der Waals surface area contributed by atoms with Crippen LogP contribution in [0.15, 0.2) is 0 Å². The van der Waals surface area contributed by atoms with Gasteiger partial charge in [0.15, 0.2) is 0 Å². The predicted octanol–water partition coefficient (Wildman–Crippen LogP) is 1.00. The van der Waals surface area contributed by atoms with Gasteiger partial charge in [-0.25, -0.2) is 8.78 Å². The molecule has 4 heteroatoms. The van der Waals surface area contributed by atoms with Gasteiger partial charge in [-0.3, -0.25) is 0 Å². The van der Waals surface area contributed by atoms with E-state index in [1.165, 1.54) is 6.92 Å². The molecule has 0 aliphatic carbocycles. The third-order valence-electron chi connectivity index (χ3n) is 1.41. The van der Waals surface area contributed by atoms with Crippen LogP contribution < -0.4 is 5.32 Å². The zero-order valence-electron chi connectivity index (χ0n) is 6.74. The normalized spacial score (nSPS) is 12.0. The van der Waals surface area contributed by atoms with Gasteiger partial charge in [-0.15, -0.1) is 0 Å². The van der Waals surface area contributed by atoms with Crippen LogP contribution in [-0.4, -0.2) is 30.7 Å². The van der Waals surface area contributed by atoms with Gasteiger partial charge in [0.05, 0.1) is 6.54 Å². The summed E-state index contributed by atoms with van der Waals surface area (Å²) in [5.41, 5.74) is 0. The molecule has 0 heterocycles. The zero-order chi connectivity index (χ0) is 8.74. The summed E-state index contributed by atoms with van der Waals surface area (Å²) in [4.78, 5) is 0. The van der Waals surface area contributed by atoms with E-state index in [1.807, 2.05) is 0 Å². The van der Waals surface area contributed by atoms with E-state index >= 15 is 0 Å². The van der Waals surface area contributed by atoms with Crippen molar-refractivity contribution in [3.05, 3.63) is 0 Å². The SMILES string of the molecule is CCC(F)(F)CNCCCO. The Morgan fingerprint density at radius 3 is 2.55 bits per heavy atom. The zero-order valence-corrected chi connectivity index (χ0v) is 6.74. The maximum atomic E-state index is 12.5. The summed E-state index contributed by atoms with van der Waals surface area (Å²) in [5.74, 6) is -2.60. The van der Waals surface area contributed by atoms with Gasteiger partial charge < -0.3 is 10.4 Å². The van der Waals surface area contributed by atoms with E-state index in [9.17, 15) is 8.78 Å². The Bertz CT molecular complexity index is 98.4. The van der Waals surface area contributed by atoms with Crippen LogP contribution in [0.4, 0.5) is 8.78 Å². The molecule has 0 aliphatic rings. The molecule has 0 unspecified atom stereocenters. The number of hydrogen-bond donors (Lipinski definition) is 2. The molecule has 2 nitrogen and oxygen atoms in total. The third kappa shape index (κ3) is 6.19. The number of hydrogen-bond acceptors (Lipinski definition) is 2. The van der Waals surface area contributed by atoms with Crippen LogP contribution in [0.3, 0.4) is 0 Å². The van der Waals surface area contributed by atoms with Gasteiger partial charge in [0, 0.05) is 13.0 Å². The van der Waals surface area contributed by atoms with Crippen molar-refractivity contribution in [3.63, 3.8) is 0 Å². The van der Waals surface area contributed by atoms with Crippen LogP contribution in [-0.2, 0) is 0 Å². The van der Waals surface area contributed by atoms with Gasteiger partial charge in [-0.2, -0.15) is 0 Å². The van der Waals surface area contributed by atoms with Gasteiger partial charge in [0.2, 0.25) is 0 Å². The fourth-order valence-corrected chi connectivity index (χ4v) is 0.600. The van der Waals surface area contributed by atoms with Gasteiger partial charge >= 0.3 is 0 Å². The minimum atomic E-state index is -2.60. The second-order valence-corrected chi connectivity index (χ2v) is 2.46. The van der Waals surface area contributed by atoms with E-state index < -0.39 is 5.92 Å². The van der Waals surface area contributed by atoms with Gasteiger partial charge in [-0.05, 0) is 13.0 Å². The first-order valence-electron chi connectivity index (χ1n) is 3.82. The highest BCUT2D eigenvalue weighted by Crippen LogP contribution is 2.15. The Labute approximate surface area is 65.6 Å². The number of alkyl halides is 2. The highest BCUT2D eigenvalue weighted by atomic mass is 19.3. The lowest BCUT2D eigenvalue weighted by Crippen LogP contribution is -2.32. The van der Waals surface area contributed by atoms with E-state index in [4.69, 9.17) is 5.11 Å². The quantitative estimate of drug-likeness (QED) is 0.578. The van der Waals surface area contributed by atoms with Crippen LogP contribution in [0.2, 0.25) is 0 Å². The Kier molecular flexibility index (Phi) is 5.32. The highest BCUT2D eigenvalue weighted by Gasteiger charge is 2.24. The molecule has 11 heavy (non-hydrogen) atoms. The summed E-state index contributed by atoms with van der Waals surface area (Å²) in [6.45, 7) is 1.66. The number of rotatable bonds is 6.